The largest absolute Gasteiger partial charge is 0.476 e. The SMILES string of the molecule is Cc1sc(-c2ccc3c(c2)/C(=N/Nc2nc4ccccc4s2)CCS3)nc1C(=O)O. The maximum Gasteiger partial charge on any atom is 0.355 e. The zero-order valence-electron chi connectivity index (χ0n) is 15.9. The molecule has 0 atom stereocenters. The summed E-state index contributed by atoms with van der Waals surface area (Å²) in [6, 6.07) is 14.1. The molecule has 4 aromatic rings. The standard InChI is InChI=1S/C21H16N4O2S3/c1-11-18(20(26)27)23-19(29-11)12-6-7-16-13(10-12)14(8-9-28-16)24-25-21-22-15-4-2-3-5-17(15)30-21/h2-7,10H,8-9H2,1H3,(H,22,25)(H,26,27)/b24-14+. The quantitative estimate of drug-likeness (QED) is 0.384. The fourth-order valence-electron chi connectivity index (χ4n) is 3.28. The normalized spacial score (nSPS) is 14.8. The van der Waals surface area contributed by atoms with Gasteiger partial charge in [-0.2, -0.15) is 5.10 Å². The Morgan fingerprint density at radius 3 is 2.83 bits per heavy atom. The van der Waals surface area contributed by atoms with E-state index in [1.807, 2.05) is 30.3 Å². The Morgan fingerprint density at radius 2 is 2.03 bits per heavy atom. The molecule has 3 heterocycles. The maximum absolute atomic E-state index is 11.3. The first kappa shape index (κ1) is 19.2. The van der Waals surface area contributed by atoms with E-state index in [0.717, 1.165) is 44.4 Å². The van der Waals surface area contributed by atoms with Gasteiger partial charge in [-0.05, 0) is 31.2 Å². The summed E-state index contributed by atoms with van der Waals surface area (Å²) >= 11 is 4.78. The minimum Gasteiger partial charge on any atom is -0.476 e. The molecule has 6 nitrogen and oxygen atoms in total. The number of aromatic nitrogens is 2. The molecule has 9 heteroatoms. The molecule has 2 aromatic carbocycles. The number of thiazole rings is 2. The van der Waals surface area contributed by atoms with Crippen LogP contribution >= 0.6 is 34.4 Å². The lowest BCUT2D eigenvalue weighted by Gasteiger charge is -2.18. The van der Waals surface area contributed by atoms with Gasteiger partial charge in [0.15, 0.2) is 5.69 Å². The summed E-state index contributed by atoms with van der Waals surface area (Å²) in [5.74, 6) is -0.0301. The van der Waals surface area contributed by atoms with Gasteiger partial charge in [-0.15, -0.1) is 23.1 Å². The Labute approximate surface area is 184 Å². The second kappa shape index (κ2) is 7.82. The molecule has 0 fully saturated rings. The lowest BCUT2D eigenvalue weighted by atomic mass is 10.0. The molecule has 0 bridgehead atoms. The van der Waals surface area contributed by atoms with Gasteiger partial charge in [0.05, 0.1) is 15.9 Å². The van der Waals surface area contributed by atoms with Gasteiger partial charge in [0.25, 0.3) is 0 Å². The van der Waals surface area contributed by atoms with Gasteiger partial charge in [-0.3, -0.25) is 5.43 Å². The molecule has 0 unspecified atom stereocenters. The second-order valence-electron chi connectivity index (χ2n) is 6.70. The number of benzene rings is 2. The first-order valence-corrected chi connectivity index (χ1v) is 11.9. The fraction of sp³-hybridized carbons (Fsp3) is 0.143. The van der Waals surface area contributed by atoms with Crippen molar-refractivity contribution in [3.05, 3.63) is 58.6 Å². The van der Waals surface area contributed by atoms with Crippen molar-refractivity contribution in [1.29, 1.82) is 0 Å². The summed E-state index contributed by atoms with van der Waals surface area (Å²) in [5, 5.41) is 15.4. The Kier molecular flexibility index (Phi) is 5.01. The highest BCUT2D eigenvalue weighted by atomic mass is 32.2. The number of carboxylic acids is 1. The van der Waals surface area contributed by atoms with Crippen molar-refractivity contribution >= 4 is 61.5 Å². The van der Waals surface area contributed by atoms with Crippen LogP contribution in [0, 0.1) is 6.92 Å². The number of carboxylic acid groups (broad SMARTS) is 1. The zero-order valence-corrected chi connectivity index (χ0v) is 18.3. The number of rotatable bonds is 4. The van der Waals surface area contributed by atoms with Crippen LogP contribution in [0.5, 0.6) is 0 Å². The summed E-state index contributed by atoms with van der Waals surface area (Å²) in [4.78, 5) is 22.1. The van der Waals surface area contributed by atoms with E-state index < -0.39 is 5.97 Å². The van der Waals surface area contributed by atoms with Crippen molar-refractivity contribution < 1.29 is 9.90 Å². The van der Waals surface area contributed by atoms with Crippen molar-refractivity contribution in [3.63, 3.8) is 0 Å². The number of aryl methyl sites for hydroxylation is 1. The van der Waals surface area contributed by atoms with Gasteiger partial charge in [-0.25, -0.2) is 14.8 Å². The summed E-state index contributed by atoms with van der Waals surface area (Å²) < 4.78 is 1.12. The lowest BCUT2D eigenvalue weighted by molar-refractivity contribution is 0.0690. The number of hydrazone groups is 1. The first-order valence-electron chi connectivity index (χ1n) is 9.25. The summed E-state index contributed by atoms with van der Waals surface area (Å²) in [6.45, 7) is 1.79. The Morgan fingerprint density at radius 1 is 1.17 bits per heavy atom. The number of aromatic carboxylic acids is 1. The van der Waals surface area contributed by atoms with Gasteiger partial charge in [0, 0.05) is 33.1 Å². The Bertz CT molecular complexity index is 1280. The molecule has 0 radical (unpaired) electrons. The fourth-order valence-corrected chi connectivity index (χ4v) is 6.00. The van der Waals surface area contributed by atoms with E-state index >= 15 is 0 Å². The second-order valence-corrected chi connectivity index (χ2v) is 10.1. The average Bonchev–Trinajstić information content (AvgIpc) is 3.35. The molecule has 30 heavy (non-hydrogen) atoms. The molecule has 0 saturated heterocycles. The zero-order chi connectivity index (χ0) is 20.7. The van der Waals surface area contributed by atoms with Gasteiger partial charge in [-0.1, -0.05) is 29.5 Å². The number of anilines is 1. The van der Waals surface area contributed by atoms with Crippen molar-refractivity contribution in [1.82, 2.24) is 9.97 Å². The smallest absolute Gasteiger partial charge is 0.355 e. The molecular formula is C21H16N4O2S3. The maximum atomic E-state index is 11.3. The van der Waals surface area contributed by atoms with Crippen LogP contribution in [0.2, 0.25) is 0 Å². The van der Waals surface area contributed by atoms with Crippen LogP contribution in [0.3, 0.4) is 0 Å². The molecular weight excluding hydrogens is 436 g/mol. The van der Waals surface area contributed by atoms with E-state index in [1.165, 1.54) is 16.2 Å². The van der Waals surface area contributed by atoms with Crippen LogP contribution in [-0.2, 0) is 0 Å². The minimum absolute atomic E-state index is 0.119. The molecule has 0 amide bonds. The van der Waals surface area contributed by atoms with E-state index in [9.17, 15) is 9.90 Å². The number of para-hydroxylation sites is 1. The number of hydrogen-bond donors (Lipinski definition) is 2. The van der Waals surface area contributed by atoms with E-state index in [-0.39, 0.29) is 5.69 Å². The van der Waals surface area contributed by atoms with Gasteiger partial charge in [0.1, 0.15) is 5.01 Å². The van der Waals surface area contributed by atoms with Crippen LogP contribution < -0.4 is 5.43 Å². The Balaban J connectivity index is 1.48. The van der Waals surface area contributed by atoms with Crippen LogP contribution in [-0.4, -0.2) is 32.5 Å². The highest BCUT2D eigenvalue weighted by Gasteiger charge is 2.20. The molecule has 0 aliphatic carbocycles. The van der Waals surface area contributed by atoms with E-state index in [1.54, 1.807) is 30.0 Å². The first-order chi connectivity index (χ1) is 14.6. The van der Waals surface area contributed by atoms with Gasteiger partial charge >= 0.3 is 5.97 Å². The molecule has 150 valence electrons. The van der Waals surface area contributed by atoms with Crippen molar-refractivity contribution in [2.75, 3.05) is 11.2 Å². The van der Waals surface area contributed by atoms with Crippen LogP contribution in [0.15, 0.2) is 52.5 Å². The minimum atomic E-state index is -0.995. The van der Waals surface area contributed by atoms with Crippen LogP contribution in [0.4, 0.5) is 5.13 Å². The average molecular weight is 453 g/mol. The van der Waals surface area contributed by atoms with Crippen molar-refractivity contribution in [3.8, 4) is 10.6 Å². The van der Waals surface area contributed by atoms with E-state index in [0.29, 0.717) is 9.88 Å². The number of nitrogens with one attached hydrogen (secondary N) is 1. The number of fused-ring (bicyclic) bond motifs is 2. The van der Waals surface area contributed by atoms with Crippen LogP contribution in [0.1, 0.15) is 27.3 Å². The third kappa shape index (κ3) is 3.60. The molecule has 5 rings (SSSR count). The number of nitrogens with zero attached hydrogens (tertiary/aromatic N) is 3. The molecule has 0 saturated carbocycles. The molecule has 1 aliphatic rings. The van der Waals surface area contributed by atoms with E-state index in [4.69, 9.17) is 0 Å². The number of carbonyl (C=O) groups is 1. The van der Waals surface area contributed by atoms with Crippen molar-refractivity contribution in [2.45, 2.75) is 18.2 Å². The number of hydrogen-bond acceptors (Lipinski definition) is 8. The molecule has 0 spiro atoms. The topological polar surface area (TPSA) is 87.5 Å². The Hall–Kier alpha value is -2.75. The molecule has 2 N–H and O–H groups in total. The molecule has 1 aliphatic heterocycles. The predicted octanol–water partition coefficient (Wildman–Crippen LogP) is 5.74. The van der Waals surface area contributed by atoms with Crippen molar-refractivity contribution in [2.24, 2.45) is 5.10 Å². The summed E-state index contributed by atoms with van der Waals surface area (Å²) in [5.41, 5.74) is 7.14. The molecule has 2 aromatic heterocycles. The third-order valence-electron chi connectivity index (χ3n) is 4.71. The summed E-state index contributed by atoms with van der Waals surface area (Å²) in [7, 11) is 0. The van der Waals surface area contributed by atoms with E-state index in [2.05, 4.69) is 32.6 Å². The van der Waals surface area contributed by atoms with Gasteiger partial charge in [0.2, 0.25) is 5.13 Å². The lowest BCUT2D eigenvalue weighted by Crippen LogP contribution is -2.12. The number of thioether (sulfide) groups is 1. The third-order valence-corrected chi connectivity index (χ3v) is 7.75. The monoisotopic (exact) mass is 452 g/mol. The highest BCUT2D eigenvalue weighted by molar-refractivity contribution is 7.99. The summed E-state index contributed by atoms with van der Waals surface area (Å²) in [6.07, 6.45) is 0.844. The van der Waals surface area contributed by atoms with Crippen LogP contribution in [0.25, 0.3) is 20.8 Å². The predicted molar refractivity (Wildman–Crippen MR) is 124 cm³/mol. The van der Waals surface area contributed by atoms with Gasteiger partial charge < -0.3 is 5.11 Å². The highest BCUT2D eigenvalue weighted by Crippen LogP contribution is 2.36.